The van der Waals surface area contributed by atoms with Crippen LogP contribution < -0.4 is 9.64 Å². The molecule has 2 aromatic heterocycles. The van der Waals surface area contributed by atoms with E-state index in [1.165, 1.54) is 0 Å². The molecule has 3 heterocycles. The van der Waals surface area contributed by atoms with Crippen molar-refractivity contribution < 1.29 is 13.9 Å². The zero-order valence-corrected chi connectivity index (χ0v) is 13.5. The van der Waals surface area contributed by atoms with Gasteiger partial charge >= 0.3 is 0 Å². The Labute approximate surface area is 135 Å². The van der Waals surface area contributed by atoms with Crippen LogP contribution in [-0.4, -0.2) is 48.6 Å². The number of carbonyl (C=O) groups is 1. The number of nitrogens with zero attached hydrogens (tertiary/aromatic N) is 3. The van der Waals surface area contributed by atoms with Crippen LogP contribution in [0.1, 0.15) is 23.2 Å². The van der Waals surface area contributed by atoms with Gasteiger partial charge in [-0.25, -0.2) is 0 Å². The maximum absolute atomic E-state index is 12.4. The molecule has 1 aliphatic heterocycles. The van der Waals surface area contributed by atoms with Gasteiger partial charge in [-0.15, -0.1) is 0 Å². The number of amides is 1. The number of piperazine rings is 1. The van der Waals surface area contributed by atoms with E-state index in [9.17, 15) is 4.79 Å². The maximum Gasteiger partial charge on any atom is 0.289 e. The summed E-state index contributed by atoms with van der Waals surface area (Å²) in [7, 11) is 0. The highest BCUT2D eigenvalue weighted by Gasteiger charge is 2.24. The average Bonchev–Trinajstić information content (AvgIpc) is 3.01. The predicted molar refractivity (Wildman–Crippen MR) is 87.0 cm³/mol. The normalized spacial score (nSPS) is 14.9. The Hall–Kier alpha value is -2.50. The Kier molecular flexibility index (Phi) is 4.50. The Morgan fingerprint density at radius 1 is 1.22 bits per heavy atom. The maximum atomic E-state index is 12.4. The molecule has 0 aliphatic carbocycles. The number of anilines is 1. The molecule has 0 spiro atoms. The first-order valence-corrected chi connectivity index (χ1v) is 7.88. The number of hydrogen-bond donors (Lipinski definition) is 0. The summed E-state index contributed by atoms with van der Waals surface area (Å²) in [5, 5.41) is 0. The van der Waals surface area contributed by atoms with E-state index in [4.69, 9.17) is 9.15 Å². The van der Waals surface area contributed by atoms with Gasteiger partial charge in [0, 0.05) is 32.2 Å². The highest BCUT2D eigenvalue weighted by molar-refractivity contribution is 5.91. The molecule has 0 atom stereocenters. The summed E-state index contributed by atoms with van der Waals surface area (Å²) < 4.78 is 10.9. The van der Waals surface area contributed by atoms with Gasteiger partial charge in [0.2, 0.25) is 5.88 Å². The van der Waals surface area contributed by atoms with E-state index in [1.54, 1.807) is 6.07 Å². The summed E-state index contributed by atoms with van der Waals surface area (Å²) in [5.41, 5.74) is 0. The summed E-state index contributed by atoms with van der Waals surface area (Å²) >= 11 is 0. The Bertz CT molecular complexity index is 675. The van der Waals surface area contributed by atoms with E-state index < -0.39 is 0 Å². The van der Waals surface area contributed by atoms with Crippen LogP contribution >= 0.6 is 0 Å². The minimum atomic E-state index is -0.0474. The second kappa shape index (κ2) is 6.73. The minimum Gasteiger partial charge on any atom is -0.478 e. The lowest BCUT2D eigenvalue weighted by Crippen LogP contribution is -2.49. The second-order valence-electron chi connectivity index (χ2n) is 5.46. The van der Waals surface area contributed by atoms with Crippen molar-refractivity contribution in [2.45, 2.75) is 13.8 Å². The zero-order valence-electron chi connectivity index (χ0n) is 13.5. The molecule has 1 amide bonds. The number of aromatic nitrogens is 1. The molecule has 6 nitrogen and oxygen atoms in total. The topological polar surface area (TPSA) is 58.8 Å². The monoisotopic (exact) mass is 315 g/mol. The molecule has 0 unspecified atom stereocenters. The number of pyridine rings is 1. The van der Waals surface area contributed by atoms with Gasteiger partial charge in [-0.1, -0.05) is 6.07 Å². The van der Waals surface area contributed by atoms with Crippen LogP contribution in [0.15, 0.2) is 34.7 Å². The Balaban J connectivity index is 1.62. The largest absolute Gasteiger partial charge is 0.478 e. The Morgan fingerprint density at radius 2 is 2.00 bits per heavy atom. The number of ether oxygens (including phenoxy) is 1. The number of carbonyl (C=O) groups excluding carboxylic acids is 1. The van der Waals surface area contributed by atoms with Gasteiger partial charge in [0.25, 0.3) is 5.91 Å². The molecule has 1 saturated heterocycles. The van der Waals surface area contributed by atoms with Gasteiger partial charge in [-0.3, -0.25) is 4.79 Å². The van der Waals surface area contributed by atoms with E-state index in [1.807, 2.05) is 43.0 Å². The lowest BCUT2D eigenvalue weighted by atomic mass is 10.2. The standard InChI is InChI=1S/C17H21N3O3/c1-3-22-16-6-4-5-15(18-16)19-9-11-20(12-10-19)17(21)14-8-7-13(2)23-14/h4-8H,3,9-12H2,1-2H3. The van der Waals surface area contributed by atoms with E-state index >= 15 is 0 Å². The summed E-state index contributed by atoms with van der Waals surface area (Å²) in [6.45, 7) is 7.17. The number of furan rings is 1. The summed E-state index contributed by atoms with van der Waals surface area (Å²) in [4.78, 5) is 20.9. The molecule has 3 rings (SSSR count). The highest BCUT2D eigenvalue weighted by atomic mass is 16.5. The van der Waals surface area contributed by atoms with Crippen LogP contribution in [0, 0.1) is 6.92 Å². The molecule has 0 radical (unpaired) electrons. The zero-order chi connectivity index (χ0) is 16.2. The summed E-state index contributed by atoms with van der Waals surface area (Å²) in [5.74, 6) is 2.64. The van der Waals surface area contributed by atoms with Crippen LogP contribution in [-0.2, 0) is 0 Å². The van der Waals surface area contributed by atoms with Gasteiger partial charge in [0.05, 0.1) is 6.61 Å². The van der Waals surface area contributed by atoms with Crippen LogP contribution in [0.2, 0.25) is 0 Å². The van der Waals surface area contributed by atoms with Crippen molar-refractivity contribution >= 4 is 11.7 Å². The van der Waals surface area contributed by atoms with Crippen molar-refractivity contribution in [2.24, 2.45) is 0 Å². The van der Waals surface area contributed by atoms with E-state index in [0.29, 0.717) is 31.3 Å². The minimum absolute atomic E-state index is 0.0474. The van der Waals surface area contributed by atoms with Gasteiger partial charge in [0.1, 0.15) is 11.6 Å². The third-order valence-electron chi connectivity index (χ3n) is 3.84. The van der Waals surface area contributed by atoms with E-state index in [-0.39, 0.29) is 5.91 Å². The first kappa shape index (κ1) is 15.4. The molecule has 1 fully saturated rings. The molecule has 1 aliphatic rings. The molecular weight excluding hydrogens is 294 g/mol. The third-order valence-corrected chi connectivity index (χ3v) is 3.84. The molecule has 0 aromatic carbocycles. The van der Waals surface area contributed by atoms with Crippen LogP contribution in [0.5, 0.6) is 5.88 Å². The van der Waals surface area contributed by atoms with E-state index in [0.717, 1.165) is 24.7 Å². The average molecular weight is 315 g/mol. The fourth-order valence-electron chi connectivity index (χ4n) is 2.65. The smallest absolute Gasteiger partial charge is 0.289 e. The fraction of sp³-hybridized carbons (Fsp3) is 0.412. The molecular formula is C17H21N3O3. The quantitative estimate of drug-likeness (QED) is 0.867. The molecule has 122 valence electrons. The van der Waals surface area contributed by atoms with Crippen LogP contribution in [0.25, 0.3) is 0 Å². The SMILES string of the molecule is CCOc1cccc(N2CCN(C(=O)c3ccc(C)o3)CC2)n1. The molecule has 0 bridgehead atoms. The van der Waals surface area contributed by atoms with Crippen molar-refractivity contribution in [1.82, 2.24) is 9.88 Å². The van der Waals surface area contributed by atoms with Crippen molar-refractivity contribution in [2.75, 3.05) is 37.7 Å². The van der Waals surface area contributed by atoms with Crippen molar-refractivity contribution in [3.8, 4) is 5.88 Å². The van der Waals surface area contributed by atoms with Crippen molar-refractivity contribution in [3.05, 3.63) is 41.9 Å². The number of hydrogen-bond acceptors (Lipinski definition) is 5. The number of aryl methyl sites for hydroxylation is 1. The fourth-order valence-corrected chi connectivity index (χ4v) is 2.65. The van der Waals surface area contributed by atoms with Gasteiger partial charge in [-0.2, -0.15) is 4.98 Å². The number of rotatable bonds is 4. The van der Waals surface area contributed by atoms with Crippen molar-refractivity contribution in [1.29, 1.82) is 0 Å². The lowest BCUT2D eigenvalue weighted by molar-refractivity contribution is 0.0713. The third kappa shape index (κ3) is 3.47. The lowest BCUT2D eigenvalue weighted by Gasteiger charge is -2.35. The van der Waals surface area contributed by atoms with Gasteiger partial charge in [-0.05, 0) is 32.0 Å². The van der Waals surface area contributed by atoms with Crippen LogP contribution in [0.3, 0.4) is 0 Å². The highest BCUT2D eigenvalue weighted by Crippen LogP contribution is 2.19. The Morgan fingerprint density at radius 3 is 2.65 bits per heavy atom. The first-order valence-electron chi connectivity index (χ1n) is 7.88. The molecule has 2 aromatic rings. The summed E-state index contributed by atoms with van der Waals surface area (Å²) in [6, 6.07) is 9.31. The van der Waals surface area contributed by atoms with Crippen molar-refractivity contribution in [3.63, 3.8) is 0 Å². The molecule has 6 heteroatoms. The summed E-state index contributed by atoms with van der Waals surface area (Å²) in [6.07, 6.45) is 0. The van der Waals surface area contributed by atoms with Crippen LogP contribution in [0.4, 0.5) is 5.82 Å². The first-order chi connectivity index (χ1) is 11.2. The molecule has 0 N–H and O–H groups in total. The predicted octanol–water partition coefficient (Wildman–Crippen LogP) is 2.34. The van der Waals surface area contributed by atoms with Gasteiger partial charge in [0.15, 0.2) is 5.76 Å². The van der Waals surface area contributed by atoms with E-state index in [2.05, 4.69) is 9.88 Å². The molecule has 0 saturated carbocycles. The van der Waals surface area contributed by atoms with Gasteiger partial charge < -0.3 is 19.0 Å². The second-order valence-corrected chi connectivity index (χ2v) is 5.46. The molecule has 23 heavy (non-hydrogen) atoms.